The zero-order valence-corrected chi connectivity index (χ0v) is 29.0. The largest absolute Gasteiger partial charge is 0.462 e. The van der Waals surface area contributed by atoms with Crippen LogP contribution in [0.5, 0.6) is 0 Å². The fourth-order valence-corrected chi connectivity index (χ4v) is 5.99. The maximum atomic E-state index is 13.1. The molecule has 0 spiro atoms. The molecular weight excluding hydrogens is 596 g/mol. The number of esters is 4. The van der Waals surface area contributed by atoms with Gasteiger partial charge < -0.3 is 33.5 Å². The lowest BCUT2D eigenvalue weighted by Gasteiger charge is -2.33. The van der Waals surface area contributed by atoms with Gasteiger partial charge in [0.1, 0.15) is 36.1 Å². The Bertz CT molecular complexity index is 1140. The molecular formula is C35H54O11. The van der Waals surface area contributed by atoms with Crippen molar-refractivity contribution in [2.75, 3.05) is 7.11 Å². The summed E-state index contributed by atoms with van der Waals surface area (Å²) in [6.45, 7) is 15.2. The topological polar surface area (TPSA) is 147 Å². The number of epoxide rings is 1. The fourth-order valence-electron chi connectivity index (χ4n) is 5.99. The maximum absolute atomic E-state index is 13.1. The Labute approximate surface area is 273 Å². The maximum Gasteiger partial charge on any atom is 0.310 e. The van der Waals surface area contributed by atoms with Crippen molar-refractivity contribution in [3.05, 3.63) is 36.0 Å². The first-order valence-corrected chi connectivity index (χ1v) is 16.2. The average Bonchev–Trinajstić information content (AvgIpc) is 3.75. The number of carbonyl (C=O) groups excluding carboxylic acids is 4. The predicted molar refractivity (Wildman–Crippen MR) is 170 cm³/mol. The number of ether oxygens (including phenoxy) is 6. The molecule has 46 heavy (non-hydrogen) atoms. The normalized spacial score (nSPS) is 32.5. The van der Waals surface area contributed by atoms with Gasteiger partial charge in [0.25, 0.3) is 0 Å². The lowest BCUT2D eigenvalue weighted by Crippen LogP contribution is -2.42. The molecule has 11 nitrogen and oxygen atoms in total. The van der Waals surface area contributed by atoms with E-state index in [0.29, 0.717) is 0 Å². The molecule has 2 aliphatic rings. The lowest BCUT2D eigenvalue weighted by atomic mass is 9.88. The Balaban J connectivity index is 2.32. The molecule has 0 saturated carbocycles. The van der Waals surface area contributed by atoms with E-state index in [1.54, 1.807) is 19.3 Å². The molecule has 1 N–H and O–H groups in total. The van der Waals surface area contributed by atoms with Crippen LogP contribution in [0.15, 0.2) is 36.0 Å². The standard InChI is InChI=1S/C35H54O11/c1-11-28(41-10)23(5)33-34(46-33)32(44-26(8)38)21(3)14-12-13-20(2)31-22(4)15-16-29(43-25(7)37)35(9,40)18-17-27(42-24(6)36)19-30(39)45-31/h12-16,21-23,27-29,31-34,40H,11,17-19H2,1-10H3/b14-12+,16-15+,20-13+. The van der Waals surface area contributed by atoms with Gasteiger partial charge in [0.2, 0.25) is 0 Å². The molecule has 260 valence electrons. The highest BCUT2D eigenvalue weighted by Gasteiger charge is 2.52. The third-order valence-electron chi connectivity index (χ3n) is 8.67. The van der Waals surface area contributed by atoms with E-state index in [-0.39, 0.29) is 55.3 Å². The van der Waals surface area contributed by atoms with Crippen LogP contribution in [0.1, 0.15) is 88.0 Å². The average molecular weight is 651 g/mol. The van der Waals surface area contributed by atoms with Crippen LogP contribution >= 0.6 is 0 Å². The second kappa shape index (κ2) is 17.8. The summed E-state index contributed by atoms with van der Waals surface area (Å²) >= 11 is 0. The summed E-state index contributed by atoms with van der Waals surface area (Å²) in [7, 11) is 1.68. The number of hydrogen-bond donors (Lipinski definition) is 1. The van der Waals surface area contributed by atoms with Crippen LogP contribution in [0.4, 0.5) is 0 Å². The summed E-state index contributed by atoms with van der Waals surface area (Å²) in [6.07, 6.45) is 6.50. The van der Waals surface area contributed by atoms with Crippen molar-refractivity contribution < 1.29 is 52.7 Å². The Morgan fingerprint density at radius 3 is 2.28 bits per heavy atom. The quantitative estimate of drug-likeness (QED) is 0.102. The smallest absolute Gasteiger partial charge is 0.310 e. The van der Waals surface area contributed by atoms with Crippen LogP contribution in [0.2, 0.25) is 0 Å². The van der Waals surface area contributed by atoms with E-state index in [2.05, 4.69) is 13.8 Å². The van der Waals surface area contributed by atoms with Gasteiger partial charge in [0.15, 0.2) is 0 Å². The number of hydrogen-bond acceptors (Lipinski definition) is 11. The van der Waals surface area contributed by atoms with Crippen molar-refractivity contribution in [3.63, 3.8) is 0 Å². The van der Waals surface area contributed by atoms with E-state index in [0.717, 1.165) is 12.0 Å². The lowest BCUT2D eigenvalue weighted by molar-refractivity contribution is -0.160. The number of rotatable bonds is 12. The monoisotopic (exact) mass is 650 g/mol. The zero-order chi connectivity index (χ0) is 34.8. The Morgan fingerprint density at radius 1 is 1.07 bits per heavy atom. The number of aliphatic hydroxyl groups is 1. The van der Waals surface area contributed by atoms with Gasteiger partial charge in [0, 0.05) is 45.6 Å². The number of cyclic esters (lactones) is 1. The van der Waals surface area contributed by atoms with Crippen molar-refractivity contribution in [1.29, 1.82) is 0 Å². The van der Waals surface area contributed by atoms with E-state index in [1.165, 1.54) is 27.7 Å². The van der Waals surface area contributed by atoms with Gasteiger partial charge in [-0.15, -0.1) is 0 Å². The van der Waals surface area contributed by atoms with E-state index < -0.39 is 53.9 Å². The molecule has 0 bridgehead atoms. The molecule has 11 heteroatoms. The highest BCUT2D eigenvalue weighted by Crippen LogP contribution is 2.39. The third kappa shape index (κ3) is 12.0. The summed E-state index contributed by atoms with van der Waals surface area (Å²) in [5.74, 6) is -2.50. The Morgan fingerprint density at radius 2 is 1.72 bits per heavy atom. The molecule has 0 amide bonds. The minimum atomic E-state index is -1.48. The molecule has 0 radical (unpaired) electrons. The molecule has 1 fully saturated rings. The molecule has 0 aromatic carbocycles. The molecule has 0 aromatic heterocycles. The van der Waals surface area contributed by atoms with Crippen molar-refractivity contribution >= 4 is 23.9 Å². The Hall–Kier alpha value is -3.02. The highest BCUT2D eigenvalue weighted by molar-refractivity contribution is 5.72. The van der Waals surface area contributed by atoms with Crippen LogP contribution in [0, 0.1) is 17.8 Å². The van der Waals surface area contributed by atoms with E-state index in [4.69, 9.17) is 28.4 Å². The van der Waals surface area contributed by atoms with Gasteiger partial charge in [-0.25, -0.2) is 0 Å². The summed E-state index contributed by atoms with van der Waals surface area (Å²) in [4.78, 5) is 48.6. The minimum Gasteiger partial charge on any atom is -0.462 e. The van der Waals surface area contributed by atoms with Gasteiger partial charge in [-0.3, -0.25) is 19.2 Å². The van der Waals surface area contributed by atoms with Crippen LogP contribution < -0.4 is 0 Å². The van der Waals surface area contributed by atoms with Crippen molar-refractivity contribution in [2.45, 2.75) is 136 Å². The highest BCUT2D eigenvalue weighted by atomic mass is 16.6. The van der Waals surface area contributed by atoms with Crippen LogP contribution in [-0.4, -0.2) is 84.4 Å². The first-order valence-electron chi connectivity index (χ1n) is 16.2. The molecule has 11 unspecified atom stereocenters. The first kappa shape index (κ1) is 39.2. The van der Waals surface area contributed by atoms with Crippen molar-refractivity contribution in [1.82, 2.24) is 0 Å². The molecule has 2 heterocycles. The summed E-state index contributed by atoms with van der Waals surface area (Å²) in [5, 5.41) is 11.2. The molecule has 11 atom stereocenters. The van der Waals surface area contributed by atoms with E-state index in [9.17, 15) is 24.3 Å². The summed E-state index contributed by atoms with van der Waals surface area (Å²) in [5.41, 5.74) is -0.764. The predicted octanol–water partition coefficient (Wildman–Crippen LogP) is 4.79. The molecule has 0 aliphatic carbocycles. The molecule has 2 rings (SSSR count). The van der Waals surface area contributed by atoms with E-state index in [1.807, 2.05) is 39.0 Å². The Kier molecular flexibility index (Phi) is 15.1. The van der Waals surface area contributed by atoms with Crippen LogP contribution in [0.3, 0.4) is 0 Å². The van der Waals surface area contributed by atoms with E-state index >= 15 is 0 Å². The van der Waals surface area contributed by atoms with Gasteiger partial charge in [-0.2, -0.15) is 0 Å². The molecule has 1 saturated heterocycles. The second-order valence-corrected chi connectivity index (χ2v) is 12.9. The van der Waals surface area contributed by atoms with Gasteiger partial charge in [-0.05, 0) is 44.8 Å². The SMILES string of the molecule is CCC(OC)C(C)C1OC1C(OC(C)=O)C(C)/C=C/C=C(\C)C1OC(=O)CC(OC(C)=O)CCC(C)(O)C(OC(C)=O)/C=C/C1C. The van der Waals surface area contributed by atoms with Crippen LogP contribution in [-0.2, 0) is 47.6 Å². The van der Waals surface area contributed by atoms with Crippen LogP contribution in [0.25, 0.3) is 0 Å². The number of carbonyl (C=O) groups is 4. The first-order chi connectivity index (χ1) is 21.5. The van der Waals surface area contributed by atoms with Crippen molar-refractivity contribution in [3.8, 4) is 0 Å². The third-order valence-corrected chi connectivity index (χ3v) is 8.67. The summed E-state index contributed by atoms with van der Waals surface area (Å²) < 4.78 is 34.0. The molecule has 0 aromatic rings. The van der Waals surface area contributed by atoms with Gasteiger partial charge in [-0.1, -0.05) is 52.0 Å². The zero-order valence-electron chi connectivity index (χ0n) is 29.0. The number of allylic oxidation sites excluding steroid dienone is 2. The van der Waals surface area contributed by atoms with Crippen molar-refractivity contribution in [2.24, 2.45) is 17.8 Å². The minimum absolute atomic E-state index is 0.0360. The molecule has 2 aliphatic heterocycles. The number of methoxy groups -OCH3 is 1. The van der Waals surface area contributed by atoms with Gasteiger partial charge >= 0.3 is 23.9 Å². The summed E-state index contributed by atoms with van der Waals surface area (Å²) in [6, 6.07) is 0. The second-order valence-electron chi connectivity index (χ2n) is 12.9. The fraction of sp³-hybridized carbons (Fsp3) is 0.714. The van der Waals surface area contributed by atoms with Gasteiger partial charge in [0.05, 0.1) is 18.6 Å².